The highest BCUT2D eigenvalue weighted by molar-refractivity contribution is 7.47. The summed E-state index contributed by atoms with van der Waals surface area (Å²) >= 11 is 0. The molecule has 0 aliphatic carbocycles. The quantitative estimate of drug-likeness (QED) is 0.0243. The lowest BCUT2D eigenvalue weighted by Gasteiger charge is -2.25. The summed E-state index contributed by atoms with van der Waals surface area (Å²) in [4.78, 5) is 23.4. The van der Waals surface area contributed by atoms with E-state index in [1.807, 2.05) is 27.2 Å². The second kappa shape index (κ2) is 60.3. The van der Waals surface area contributed by atoms with Gasteiger partial charge in [0.05, 0.1) is 39.9 Å². The van der Waals surface area contributed by atoms with Crippen LogP contribution in [0.25, 0.3) is 0 Å². The molecule has 0 fully saturated rings. The topological polar surface area (TPSA) is 105 Å². The summed E-state index contributed by atoms with van der Waals surface area (Å²) in [6.45, 7) is 4.85. The van der Waals surface area contributed by atoms with Crippen LogP contribution in [-0.4, -0.2) is 73.4 Å². The molecule has 0 radical (unpaired) electrons. The van der Waals surface area contributed by atoms with Crippen LogP contribution in [0.2, 0.25) is 0 Å². The summed E-state index contributed by atoms with van der Waals surface area (Å²) in [6, 6.07) is -0.864. The molecule has 0 aliphatic heterocycles. The molecule has 0 aromatic carbocycles. The first-order valence-electron chi connectivity index (χ1n) is 34.4. The molecule has 0 aromatic heterocycles. The first kappa shape index (κ1) is 76.7. The predicted molar refractivity (Wildman–Crippen MR) is 341 cm³/mol. The Morgan fingerprint density at radius 2 is 0.705 bits per heavy atom. The minimum absolute atomic E-state index is 0.0574. The maximum Gasteiger partial charge on any atom is 0.472 e. The number of amides is 1. The monoisotopic (exact) mass is 1120 g/mol. The van der Waals surface area contributed by atoms with E-state index < -0.39 is 20.0 Å². The average molecular weight is 1120 g/mol. The van der Waals surface area contributed by atoms with E-state index in [1.165, 1.54) is 289 Å². The van der Waals surface area contributed by atoms with Crippen LogP contribution in [0, 0.1) is 0 Å². The van der Waals surface area contributed by atoms with E-state index in [2.05, 4.69) is 43.5 Å². The third kappa shape index (κ3) is 62.3. The molecule has 0 saturated carbocycles. The zero-order valence-corrected chi connectivity index (χ0v) is 53.8. The second-order valence-corrected chi connectivity index (χ2v) is 26.4. The number of phosphoric ester groups is 1. The van der Waals surface area contributed by atoms with Gasteiger partial charge in [-0.05, 0) is 57.8 Å². The molecule has 0 aromatic rings. The highest BCUT2D eigenvalue weighted by Crippen LogP contribution is 2.43. The molecule has 0 aliphatic rings. The number of unbranched alkanes of at least 4 members (excludes halogenated alkanes) is 47. The Labute approximate surface area is 487 Å². The number of aliphatic hydroxyl groups excluding tert-OH is 1. The lowest BCUT2D eigenvalue weighted by molar-refractivity contribution is -0.870. The molecular weight excluding hydrogens is 984 g/mol. The highest BCUT2D eigenvalue weighted by Gasteiger charge is 2.28. The first-order valence-corrected chi connectivity index (χ1v) is 35.9. The minimum atomic E-state index is -4.36. The molecule has 0 heterocycles. The fourth-order valence-corrected chi connectivity index (χ4v) is 11.2. The summed E-state index contributed by atoms with van der Waals surface area (Å²) in [5.74, 6) is -0.181. The number of rotatable bonds is 64. The Morgan fingerprint density at radius 1 is 0.423 bits per heavy atom. The SMILES string of the molecule is CCCCCCCCCC/C=C\CCCCCCCCCCCCCCCC(=O)NC(COP(=O)(O)OCC[N+](C)(C)C)C(O)/C=C/CC/C=C/CCCCCCCCCCCCCCCCCCCCCCCCCCC. The van der Waals surface area contributed by atoms with Crippen molar-refractivity contribution in [2.24, 2.45) is 0 Å². The third-order valence-electron chi connectivity index (χ3n) is 15.8. The van der Waals surface area contributed by atoms with E-state index in [1.54, 1.807) is 6.08 Å². The standard InChI is InChI=1S/C69H135N2O6P/c1-6-8-10-12-14-16-18-20-22-24-26-28-30-32-33-34-35-36-37-39-40-42-44-46-48-50-52-54-56-58-60-62-68(72)67(66-77-78(74,75)76-65-64-71(3,4)5)70-69(73)63-61-59-57-55-53-51-49-47-45-43-41-38-31-29-27-25-23-21-19-17-15-13-11-9-7-2/h25,27,52,54,60,62,67-68,72H,6-24,26,28-51,53,55-59,61,63-66H2,1-5H3,(H-,70,73,74,75)/p+1/b27-25-,54-52+,62-60+. The molecule has 0 bridgehead atoms. The molecule has 1 amide bonds. The van der Waals surface area contributed by atoms with Crippen LogP contribution in [0.15, 0.2) is 36.5 Å². The zero-order valence-electron chi connectivity index (χ0n) is 52.9. The smallest absolute Gasteiger partial charge is 0.387 e. The van der Waals surface area contributed by atoms with E-state index in [-0.39, 0.29) is 19.1 Å². The van der Waals surface area contributed by atoms with Crippen molar-refractivity contribution >= 4 is 13.7 Å². The summed E-state index contributed by atoms with van der Waals surface area (Å²) in [5.41, 5.74) is 0. The largest absolute Gasteiger partial charge is 0.472 e. The number of quaternary nitrogens is 1. The van der Waals surface area contributed by atoms with Crippen LogP contribution in [0.3, 0.4) is 0 Å². The van der Waals surface area contributed by atoms with Gasteiger partial charge >= 0.3 is 7.82 Å². The van der Waals surface area contributed by atoms with Gasteiger partial charge in [-0.15, -0.1) is 0 Å². The molecule has 0 saturated heterocycles. The number of nitrogens with zero attached hydrogens (tertiary/aromatic N) is 1. The fourth-order valence-electron chi connectivity index (χ4n) is 10.5. The number of aliphatic hydroxyl groups is 1. The summed E-state index contributed by atoms with van der Waals surface area (Å²) in [7, 11) is 1.57. The molecule has 0 rings (SSSR count). The highest BCUT2D eigenvalue weighted by atomic mass is 31.2. The van der Waals surface area contributed by atoms with Crippen molar-refractivity contribution in [3.05, 3.63) is 36.5 Å². The summed E-state index contributed by atoms with van der Waals surface area (Å²) in [6.07, 6.45) is 80.1. The van der Waals surface area contributed by atoms with Gasteiger partial charge in [-0.25, -0.2) is 4.57 Å². The Hall–Kier alpha value is -1.28. The molecule has 0 spiro atoms. The van der Waals surface area contributed by atoms with Gasteiger partial charge in [0.1, 0.15) is 13.2 Å². The van der Waals surface area contributed by atoms with E-state index in [0.29, 0.717) is 17.4 Å². The van der Waals surface area contributed by atoms with Crippen LogP contribution in [-0.2, 0) is 18.4 Å². The number of phosphoric acid groups is 1. The van der Waals surface area contributed by atoms with Gasteiger partial charge in [0.2, 0.25) is 5.91 Å². The molecule has 78 heavy (non-hydrogen) atoms. The van der Waals surface area contributed by atoms with Crippen molar-refractivity contribution in [1.82, 2.24) is 5.32 Å². The average Bonchev–Trinajstić information content (AvgIpc) is 3.41. The number of allylic oxidation sites excluding steroid dienone is 5. The van der Waals surface area contributed by atoms with Crippen LogP contribution in [0.4, 0.5) is 0 Å². The van der Waals surface area contributed by atoms with E-state index in [0.717, 1.165) is 38.5 Å². The van der Waals surface area contributed by atoms with Gasteiger partial charge < -0.3 is 19.8 Å². The zero-order chi connectivity index (χ0) is 57.0. The molecule has 8 nitrogen and oxygen atoms in total. The minimum Gasteiger partial charge on any atom is -0.387 e. The molecular formula is C69H136N2O6P+. The van der Waals surface area contributed by atoms with E-state index in [9.17, 15) is 19.4 Å². The van der Waals surface area contributed by atoms with Crippen LogP contribution in [0.1, 0.15) is 348 Å². The summed E-state index contributed by atoms with van der Waals surface area (Å²) < 4.78 is 23.8. The normalized spacial score (nSPS) is 13.9. The number of carbonyl (C=O) groups is 1. The van der Waals surface area contributed by atoms with Crippen molar-refractivity contribution in [3.8, 4) is 0 Å². The van der Waals surface area contributed by atoms with Crippen molar-refractivity contribution in [2.45, 2.75) is 360 Å². The third-order valence-corrected chi connectivity index (χ3v) is 16.8. The van der Waals surface area contributed by atoms with Crippen molar-refractivity contribution in [1.29, 1.82) is 0 Å². The first-order chi connectivity index (χ1) is 38.0. The maximum atomic E-state index is 13.0. The Balaban J connectivity index is 4.10. The van der Waals surface area contributed by atoms with Crippen LogP contribution >= 0.6 is 7.82 Å². The van der Waals surface area contributed by atoms with Gasteiger partial charge in [-0.1, -0.05) is 320 Å². The summed E-state index contributed by atoms with van der Waals surface area (Å²) in [5, 5.41) is 14.0. The molecule has 9 heteroatoms. The van der Waals surface area contributed by atoms with Gasteiger partial charge in [-0.3, -0.25) is 13.8 Å². The van der Waals surface area contributed by atoms with Crippen molar-refractivity contribution < 1.29 is 32.9 Å². The Morgan fingerprint density at radius 3 is 1.03 bits per heavy atom. The second-order valence-electron chi connectivity index (χ2n) is 24.9. The van der Waals surface area contributed by atoms with Gasteiger partial charge in [0, 0.05) is 6.42 Å². The van der Waals surface area contributed by atoms with Gasteiger partial charge in [0.25, 0.3) is 0 Å². The Kier molecular flexibility index (Phi) is 59.3. The number of likely N-dealkylation sites (N-methyl/N-ethyl adjacent to an activating group) is 1. The molecule has 3 atom stereocenters. The fraction of sp³-hybridized carbons (Fsp3) is 0.899. The van der Waals surface area contributed by atoms with E-state index >= 15 is 0 Å². The van der Waals surface area contributed by atoms with Gasteiger partial charge in [0.15, 0.2) is 0 Å². The lowest BCUT2D eigenvalue weighted by atomic mass is 10.0. The number of hydrogen-bond acceptors (Lipinski definition) is 5. The van der Waals surface area contributed by atoms with Gasteiger partial charge in [-0.2, -0.15) is 0 Å². The number of carbonyl (C=O) groups excluding carboxylic acids is 1. The van der Waals surface area contributed by atoms with Crippen LogP contribution in [0.5, 0.6) is 0 Å². The lowest BCUT2D eigenvalue weighted by Crippen LogP contribution is -2.45. The molecule has 462 valence electrons. The molecule has 3 N–H and O–H groups in total. The Bertz CT molecular complexity index is 1360. The van der Waals surface area contributed by atoms with Crippen LogP contribution < -0.4 is 5.32 Å². The van der Waals surface area contributed by atoms with Crippen molar-refractivity contribution in [2.75, 3.05) is 40.9 Å². The molecule has 3 unspecified atom stereocenters. The number of nitrogens with one attached hydrogen (secondary N) is 1. The number of hydrogen-bond donors (Lipinski definition) is 3. The van der Waals surface area contributed by atoms with E-state index in [4.69, 9.17) is 9.05 Å². The maximum absolute atomic E-state index is 13.0. The van der Waals surface area contributed by atoms with Crippen molar-refractivity contribution in [3.63, 3.8) is 0 Å². The predicted octanol–water partition coefficient (Wildman–Crippen LogP) is 21.7.